The van der Waals surface area contributed by atoms with E-state index in [2.05, 4.69) is 10.0 Å². The summed E-state index contributed by atoms with van der Waals surface area (Å²) in [5.41, 5.74) is 7.84. The lowest BCUT2D eigenvalue weighted by Gasteiger charge is -2.33. The summed E-state index contributed by atoms with van der Waals surface area (Å²) in [6, 6.07) is 0. The molecule has 0 unspecified atom stereocenters. The van der Waals surface area contributed by atoms with Crippen molar-refractivity contribution in [2.45, 2.75) is 18.8 Å². The minimum atomic E-state index is -2.49. The first-order valence-electron chi connectivity index (χ1n) is 3.03. The third kappa shape index (κ3) is 1.57. The van der Waals surface area contributed by atoms with Gasteiger partial charge in [-0.25, -0.2) is 8.78 Å². The van der Waals surface area contributed by atoms with E-state index < -0.39 is 5.92 Å². The standard InChI is InChI=1S/C5H7F2N3/c6-5(7)1-4(2-5)3-9-10-8/h4H,1-3H2. The second-order valence-electron chi connectivity index (χ2n) is 2.54. The number of rotatable bonds is 2. The van der Waals surface area contributed by atoms with Crippen LogP contribution in [0.4, 0.5) is 8.78 Å². The van der Waals surface area contributed by atoms with Gasteiger partial charge in [0, 0.05) is 24.3 Å². The molecule has 5 heteroatoms. The summed E-state index contributed by atoms with van der Waals surface area (Å²) in [4.78, 5) is 2.49. The molecule has 0 heterocycles. The zero-order chi connectivity index (χ0) is 7.61. The molecule has 0 spiro atoms. The summed E-state index contributed by atoms with van der Waals surface area (Å²) < 4.78 is 24.2. The van der Waals surface area contributed by atoms with Crippen LogP contribution in [0.5, 0.6) is 0 Å². The minimum Gasteiger partial charge on any atom is -0.207 e. The van der Waals surface area contributed by atoms with Gasteiger partial charge in [0.05, 0.1) is 0 Å². The Bertz CT molecular complexity index is 166. The molecule has 0 N–H and O–H groups in total. The van der Waals surface area contributed by atoms with Gasteiger partial charge in [-0.2, -0.15) is 0 Å². The zero-order valence-corrected chi connectivity index (χ0v) is 5.30. The van der Waals surface area contributed by atoms with Crippen LogP contribution in [0.15, 0.2) is 5.11 Å². The third-order valence-electron chi connectivity index (χ3n) is 1.58. The number of hydrogen-bond donors (Lipinski definition) is 0. The van der Waals surface area contributed by atoms with Crippen LogP contribution < -0.4 is 0 Å². The number of alkyl halides is 2. The molecule has 0 aromatic heterocycles. The van der Waals surface area contributed by atoms with Gasteiger partial charge >= 0.3 is 0 Å². The second-order valence-corrected chi connectivity index (χ2v) is 2.54. The first kappa shape index (κ1) is 7.28. The van der Waals surface area contributed by atoms with Gasteiger partial charge in [-0.1, -0.05) is 5.11 Å². The Morgan fingerprint density at radius 3 is 2.60 bits per heavy atom. The molecule has 1 rings (SSSR count). The molecule has 0 atom stereocenters. The molecule has 0 bridgehead atoms. The number of halogens is 2. The highest BCUT2D eigenvalue weighted by atomic mass is 19.3. The quantitative estimate of drug-likeness (QED) is 0.327. The van der Waals surface area contributed by atoms with Crippen molar-refractivity contribution in [3.05, 3.63) is 10.4 Å². The van der Waals surface area contributed by atoms with Crippen molar-refractivity contribution in [3.8, 4) is 0 Å². The van der Waals surface area contributed by atoms with Gasteiger partial charge in [0.1, 0.15) is 0 Å². The normalized spacial score (nSPS) is 23.0. The highest BCUT2D eigenvalue weighted by Crippen LogP contribution is 2.42. The smallest absolute Gasteiger partial charge is 0.207 e. The summed E-state index contributed by atoms with van der Waals surface area (Å²) in [5.74, 6) is -2.58. The Morgan fingerprint density at radius 1 is 1.60 bits per heavy atom. The van der Waals surface area contributed by atoms with Crippen molar-refractivity contribution in [2.75, 3.05) is 6.54 Å². The van der Waals surface area contributed by atoms with Gasteiger partial charge in [0.25, 0.3) is 0 Å². The molecule has 0 saturated heterocycles. The van der Waals surface area contributed by atoms with Crippen molar-refractivity contribution in [2.24, 2.45) is 11.0 Å². The monoisotopic (exact) mass is 147 g/mol. The maximum Gasteiger partial charge on any atom is 0.248 e. The summed E-state index contributed by atoms with van der Waals surface area (Å²) >= 11 is 0. The Morgan fingerprint density at radius 2 is 2.20 bits per heavy atom. The molecule has 0 radical (unpaired) electrons. The average molecular weight is 147 g/mol. The minimum absolute atomic E-state index is 0.0918. The van der Waals surface area contributed by atoms with E-state index in [-0.39, 0.29) is 25.3 Å². The number of azide groups is 1. The summed E-state index contributed by atoms with van der Waals surface area (Å²) in [6.07, 6.45) is -0.238. The lowest BCUT2D eigenvalue weighted by molar-refractivity contribution is -0.107. The second kappa shape index (κ2) is 2.42. The Hall–Kier alpha value is -0.830. The first-order valence-corrected chi connectivity index (χ1v) is 3.03. The van der Waals surface area contributed by atoms with Crippen molar-refractivity contribution in [3.63, 3.8) is 0 Å². The van der Waals surface area contributed by atoms with Crippen molar-refractivity contribution < 1.29 is 8.78 Å². The fraction of sp³-hybridized carbons (Fsp3) is 1.00. The molecule has 3 nitrogen and oxygen atoms in total. The molecule has 0 amide bonds. The summed E-state index contributed by atoms with van der Waals surface area (Å²) in [6.45, 7) is 0.214. The zero-order valence-electron chi connectivity index (χ0n) is 5.30. The van der Waals surface area contributed by atoms with Gasteiger partial charge in [-0.05, 0) is 11.4 Å². The molecule has 1 fully saturated rings. The largest absolute Gasteiger partial charge is 0.248 e. The van der Waals surface area contributed by atoms with Gasteiger partial charge in [0.2, 0.25) is 5.92 Å². The van der Waals surface area contributed by atoms with E-state index in [1.807, 2.05) is 0 Å². The van der Waals surface area contributed by atoms with E-state index in [9.17, 15) is 8.78 Å². The van der Waals surface area contributed by atoms with Crippen LogP contribution >= 0.6 is 0 Å². The maximum atomic E-state index is 12.1. The summed E-state index contributed by atoms with van der Waals surface area (Å²) in [5, 5.41) is 3.21. The van der Waals surface area contributed by atoms with Crippen molar-refractivity contribution in [1.82, 2.24) is 0 Å². The first-order chi connectivity index (χ1) is 4.64. The molecule has 10 heavy (non-hydrogen) atoms. The van der Waals surface area contributed by atoms with E-state index in [1.165, 1.54) is 0 Å². The topological polar surface area (TPSA) is 48.8 Å². The Balaban J connectivity index is 2.20. The van der Waals surface area contributed by atoms with Crippen LogP contribution in [-0.4, -0.2) is 12.5 Å². The van der Waals surface area contributed by atoms with Crippen LogP contribution in [0, 0.1) is 5.92 Å². The van der Waals surface area contributed by atoms with Crippen LogP contribution in [0.2, 0.25) is 0 Å². The van der Waals surface area contributed by atoms with Crippen molar-refractivity contribution >= 4 is 0 Å². The number of nitrogens with zero attached hydrogens (tertiary/aromatic N) is 3. The highest BCUT2D eigenvalue weighted by Gasteiger charge is 2.44. The van der Waals surface area contributed by atoms with Gasteiger partial charge in [-0.15, -0.1) is 0 Å². The molecule has 0 aliphatic heterocycles. The average Bonchev–Trinajstić information content (AvgIpc) is 1.78. The molecular weight excluding hydrogens is 140 g/mol. The Kier molecular flexibility index (Phi) is 1.76. The van der Waals surface area contributed by atoms with E-state index in [0.29, 0.717) is 0 Å². The molecule has 1 aliphatic carbocycles. The van der Waals surface area contributed by atoms with E-state index in [0.717, 1.165) is 0 Å². The van der Waals surface area contributed by atoms with Gasteiger partial charge in [-0.3, -0.25) is 0 Å². The van der Waals surface area contributed by atoms with Gasteiger partial charge in [0.15, 0.2) is 0 Å². The fourth-order valence-electron chi connectivity index (χ4n) is 1.07. The van der Waals surface area contributed by atoms with Crippen LogP contribution in [0.3, 0.4) is 0 Å². The number of hydrogen-bond acceptors (Lipinski definition) is 1. The van der Waals surface area contributed by atoms with Crippen LogP contribution in [-0.2, 0) is 0 Å². The van der Waals surface area contributed by atoms with E-state index >= 15 is 0 Å². The molecular formula is C5H7F2N3. The molecule has 1 aliphatic rings. The molecule has 1 saturated carbocycles. The SMILES string of the molecule is [N-]=[N+]=NCC1CC(F)(F)C1. The van der Waals surface area contributed by atoms with Crippen LogP contribution in [0.25, 0.3) is 10.4 Å². The maximum absolute atomic E-state index is 12.1. The Labute approximate surface area is 56.7 Å². The predicted molar refractivity (Wildman–Crippen MR) is 31.7 cm³/mol. The molecule has 0 aromatic carbocycles. The predicted octanol–water partition coefficient (Wildman–Crippen LogP) is 2.34. The van der Waals surface area contributed by atoms with Crippen LogP contribution in [0.1, 0.15) is 12.8 Å². The van der Waals surface area contributed by atoms with Crippen molar-refractivity contribution in [1.29, 1.82) is 0 Å². The lowest BCUT2D eigenvalue weighted by Crippen LogP contribution is -2.36. The fourth-order valence-corrected chi connectivity index (χ4v) is 1.07. The molecule has 0 aromatic rings. The van der Waals surface area contributed by atoms with E-state index in [1.54, 1.807) is 0 Å². The third-order valence-corrected chi connectivity index (χ3v) is 1.58. The molecule has 56 valence electrons. The summed E-state index contributed by atoms with van der Waals surface area (Å²) in [7, 11) is 0. The lowest BCUT2D eigenvalue weighted by atomic mass is 9.81. The highest BCUT2D eigenvalue weighted by molar-refractivity contribution is 4.87. The van der Waals surface area contributed by atoms with E-state index in [4.69, 9.17) is 5.53 Å². The van der Waals surface area contributed by atoms with Gasteiger partial charge < -0.3 is 0 Å².